The number of anilines is 1. The van der Waals surface area contributed by atoms with Crippen LogP contribution in [-0.4, -0.2) is 32.7 Å². The van der Waals surface area contributed by atoms with Crippen LogP contribution in [0.1, 0.15) is 15.9 Å². The van der Waals surface area contributed by atoms with Gasteiger partial charge in [0.15, 0.2) is 6.61 Å². The van der Waals surface area contributed by atoms with Crippen molar-refractivity contribution >= 4 is 17.6 Å². The summed E-state index contributed by atoms with van der Waals surface area (Å²) >= 11 is 0. The van der Waals surface area contributed by atoms with E-state index in [0.717, 1.165) is 5.56 Å². The monoisotopic (exact) mass is 329 g/mol. The SMILES string of the molecule is COC(=O)c1ccc(NC(=O)COc2cccc(OC)c2)c(C)c1. The number of nitrogens with one attached hydrogen (secondary N) is 1. The number of esters is 1. The van der Waals surface area contributed by atoms with Gasteiger partial charge in [0.05, 0.1) is 19.8 Å². The minimum absolute atomic E-state index is 0.134. The summed E-state index contributed by atoms with van der Waals surface area (Å²) in [6, 6.07) is 11.9. The normalized spacial score (nSPS) is 9.96. The van der Waals surface area contributed by atoms with Gasteiger partial charge >= 0.3 is 5.97 Å². The third kappa shape index (κ3) is 4.49. The van der Waals surface area contributed by atoms with Gasteiger partial charge in [-0.2, -0.15) is 0 Å². The van der Waals surface area contributed by atoms with Gasteiger partial charge in [0.2, 0.25) is 0 Å². The van der Waals surface area contributed by atoms with E-state index in [4.69, 9.17) is 9.47 Å². The van der Waals surface area contributed by atoms with E-state index in [-0.39, 0.29) is 12.5 Å². The molecule has 1 amide bonds. The van der Waals surface area contributed by atoms with E-state index in [0.29, 0.717) is 22.7 Å². The van der Waals surface area contributed by atoms with Crippen molar-refractivity contribution in [3.8, 4) is 11.5 Å². The summed E-state index contributed by atoms with van der Waals surface area (Å²) < 4.78 is 15.2. The lowest BCUT2D eigenvalue weighted by molar-refractivity contribution is -0.118. The first kappa shape index (κ1) is 17.3. The molecule has 0 spiro atoms. The topological polar surface area (TPSA) is 73.9 Å². The molecule has 0 aliphatic carbocycles. The van der Waals surface area contributed by atoms with Crippen LogP contribution in [0.5, 0.6) is 11.5 Å². The summed E-state index contributed by atoms with van der Waals surface area (Å²) in [7, 11) is 2.88. The summed E-state index contributed by atoms with van der Waals surface area (Å²) in [5, 5.41) is 2.75. The average molecular weight is 329 g/mol. The van der Waals surface area contributed by atoms with Gasteiger partial charge in [-0.15, -0.1) is 0 Å². The summed E-state index contributed by atoms with van der Waals surface area (Å²) in [6.45, 7) is 1.66. The Hall–Kier alpha value is -3.02. The van der Waals surface area contributed by atoms with Crippen LogP contribution in [0.3, 0.4) is 0 Å². The Balaban J connectivity index is 1.95. The Morgan fingerprint density at radius 1 is 1.04 bits per heavy atom. The van der Waals surface area contributed by atoms with E-state index >= 15 is 0 Å². The fraction of sp³-hybridized carbons (Fsp3) is 0.222. The molecule has 0 aliphatic rings. The highest BCUT2D eigenvalue weighted by atomic mass is 16.5. The zero-order chi connectivity index (χ0) is 17.5. The second kappa shape index (κ2) is 8.01. The lowest BCUT2D eigenvalue weighted by Crippen LogP contribution is -2.20. The number of aryl methyl sites for hydroxylation is 1. The molecule has 1 N–H and O–H groups in total. The van der Waals surface area contributed by atoms with Crippen molar-refractivity contribution in [3.63, 3.8) is 0 Å². The van der Waals surface area contributed by atoms with Gasteiger partial charge in [-0.05, 0) is 42.8 Å². The first-order valence-electron chi connectivity index (χ1n) is 7.29. The van der Waals surface area contributed by atoms with Gasteiger partial charge in [-0.1, -0.05) is 6.07 Å². The highest BCUT2D eigenvalue weighted by molar-refractivity contribution is 5.94. The van der Waals surface area contributed by atoms with E-state index in [1.54, 1.807) is 56.5 Å². The van der Waals surface area contributed by atoms with E-state index < -0.39 is 5.97 Å². The molecule has 0 radical (unpaired) electrons. The summed E-state index contributed by atoms with van der Waals surface area (Å²) in [5.41, 5.74) is 1.80. The van der Waals surface area contributed by atoms with Gasteiger partial charge in [-0.25, -0.2) is 4.79 Å². The summed E-state index contributed by atoms with van der Waals surface area (Å²) in [5.74, 6) is 0.480. The molecular weight excluding hydrogens is 310 g/mol. The quantitative estimate of drug-likeness (QED) is 0.825. The lowest BCUT2D eigenvalue weighted by atomic mass is 10.1. The molecule has 0 aromatic heterocycles. The Morgan fingerprint density at radius 3 is 2.46 bits per heavy atom. The van der Waals surface area contributed by atoms with E-state index in [2.05, 4.69) is 10.1 Å². The predicted octanol–water partition coefficient (Wildman–Crippen LogP) is 2.81. The Morgan fingerprint density at radius 2 is 1.79 bits per heavy atom. The molecular formula is C18H19NO5. The Bertz CT molecular complexity index is 742. The zero-order valence-electron chi connectivity index (χ0n) is 13.8. The molecule has 0 saturated heterocycles. The number of carbonyl (C=O) groups excluding carboxylic acids is 2. The van der Waals surface area contributed by atoms with Crippen LogP contribution in [-0.2, 0) is 9.53 Å². The van der Waals surface area contributed by atoms with Gasteiger partial charge in [0.25, 0.3) is 5.91 Å². The van der Waals surface area contributed by atoms with Gasteiger partial charge in [-0.3, -0.25) is 4.79 Å². The Labute approximate surface area is 140 Å². The lowest BCUT2D eigenvalue weighted by Gasteiger charge is -2.11. The third-order valence-electron chi connectivity index (χ3n) is 3.33. The molecule has 2 rings (SSSR count). The predicted molar refractivity (Wildman–Crippen MR) is 89.6 cm³/mol. The molecule has 2 aromatic rings. The molecule has 0 unspecified atom stereocenters. The molecule has 6 nitrogen and oxygen atoms in total. The number of amides is 1. The maximum absolute atomic E-state index is 12.0. The second-order valence-corrected chi connectivity index (χ2v) is 5.04. The van der Waals surface area contributed by atoms with E-state index in [1.807, 2.05) is 0 Å². The number of ether oxygens (including phenoxy) is 3. The third-order valence-corrected chi connectivity index (χ3v) is 3.33. The first-order chi connectivity index (χ1) is 11.5. The number of benzene rings is 2. The van der Waals surface area contributed by atoms with E-state index in [1.165, 1.54) is 7.11 Å². The van der Waals surface area contributed by atoms with Crippen LogP contribution >= 0.6 is 0 Å². The van der Waals surface area contributed by atoms with Crippen molar-refractivity contribution in [2.75, 3.05) is 26.1 Å². The summed E-state index contributed by atoms with van der Waals surface area (Å²) in [6.07, 6.45) is 0. The molecule has 0 fully saturated rings. The molecule has 0 saturated carbocycles. The number of hydrogen-bond acceptors (Lipinski definition) is 5. The van der Waals surface area contributed by atoms with Gasteiger partial charge in [0, 0.05) is 11.8 Å². The fourth-order valence-corrected chi connectivity index (χ4v) is 2.07. The largest absolute Gasteiger partial charge is 0.497 e. The molecule has 6 heteroatoms. The fourth-order valence-electron chi connectivity index (χ4n) is 2.07. The van der Waals surface area contributed by atoms with Crippen molar-refractivity contribution in [2.45, 2.75) is 6.92 Å². The molecule has 24 heavy (non-hydrogen) atoms. The maximum atomic E-state index is 12.0. The van der Waals surface area contributed by atoms with E-state index in [9.17, 15) is 9.59 Å². The maximum Gasteiger partial charge on any atom is 0.337 e. The van der Waals surface area contributed by atoms with Crippen molar-refractivity contribution in [2.24, 2.45) is 0 Å². The van der Waals surface area contributed by atoms with Gasteiger partial charge < -0.3 is 19.5 Å². The first-order valence-corrected chi connectivity index (χ1v) is 7.29. The zero-order valence-corrected chi connectivity index (χ0v) is 13.8. The van der Waals surface area contributed by atoms with Crippen LogP contribution in [0.4, 0.5) is 5.69 Å². The highest BCUT2D eigenvalue weighted by Crippen LogP contribution is 2.19. The molecule has 2 aromatic carbocycles. The molecule has 126 valence electrons. The molecule has 0 aliphatic heterocycles. The van der Waals surface area contributed by atoms with Crippen molar-refractivity contribution < 1.29 is 23.8 Å². The highest BCUT2D eigenvalue weighted by Gasteiger charge is 2.10. The average Bonchev–Trinajstić information content (AvgIpc) is 2.61. The summed E-state index contributed by atoms with van der Waals surface area (Å²) in [4.78, 5) is 23.5. The molecule has 0 bridgehead atoms. The molecule has 0 atom stereocenters. The number of rotatable bonds is 6. The van der Waals surface area contributed by atoms with Crippen LogP contribution in [0.15, 0.2) is 42.5 Å². The minimum Gasteiger partial charge on any atom is -0.497 e. The smallest absolute Gasteiger partial charge is 0.337 e. The van der Waals surface area contributed by atoms with Crippen LogP contribution in [0, 0.1) is 6.92 Å². The van der Waals surface area contributed by atoms with Crippen molar-refractivity contribution in [1.82, 2.24) is 0 Å². The number of methoxy groups -OCH3 is 2. The number of carbonyl (C=O) groups is 2. The van der Waals surface area contributed by atoms with Gasteiger partial charge in [0.1, 0.15) is 11.5 Å². The van der Waals surface area contributed by atoms with Crippen LogP contribution in [0.2, 0.25) is 0 Å². The van der Waals surface area contributed by atoms with Crippen LogP contribution in [0.25, 0.3) is 0 Å². The van der Waals surface area contributed by atoms with Crippen LogP contribution < -0.4 is 14.8 Å². The second-order valence-electron chi connectivity index (χ2n) is 5.04. The number of hydrogen-bond donors (Lipinski definition) is 1. The molecule has 0 heterocycles. The van der Waals surface area contributed by atoms with Crippen molar-refractivity contribution in [1.29, 1.82) is 0 Å². The van der Waals surface area contributed by atoms with Crippen molar-refractivity contribution in [3.05, 3.63) is 53.6 Å². The minimum atomic E-state index is -0.419. The Kier molecular flexibility index (Phi) is 5.78. The standard InChI is InChI=1S/C18H19NO5/c1-12-9-13(18(21)23-3)7-8-16(12)19-17(20)11-24-15-6-4-5-14(10-15)22-2/h4-10H,11H2,1-3H3,(H,19,20).